The predicted molar refractivity (Wildman–Crippen MR) is 132 cm³/mol. The van der Waals surface area contributed by atoms with Crippen molar-refractivity contribution in [2.24, 2.45) is 0 Å². The Morgan fingerprint density at radius 1 is 0.879 bits per heavy atom. The van der Waals surface area contributed by atoms with Gasteiger partial charge >= 0.3 is 0 Å². The summed E-state index contributed by atoms with van der Waals surface area (Å²) in [6.45, 7) is 14.7. The fraction of sp³-hybridized carbons (Fsp3) is 0.370. The predicted octanol–water partition coefficient (Wildman–Crippen LogP) is 5.88. The first-order chi connectivity index (χ1) is 15.8. The highest BCUT2D eigenvalue weighted by atomic mass is 16.5. The van der Waals surface area contributed by atoms with E-state index in [2.05, 4.69) is 98.2 Å². The SMILES string of the molecule is Cc1ccc(Cn2nc(-c3nc(-c4ccc(CN(C(C)C)C(C)C)cc4)no3)cc2C)cc1. The molecular weight excluding hydrogens is 410 g/mol. The molecule has 2 aromatic carbocycles. The second kappa shape index (κ2) is 9.71. The van der Waals surface area contributed by atoms with E-state index >= 15 is 0 Å². The number of hydrogen-bond donors (Lipinski definition) is 0. The molecule has 0 saturated carbocycles. The van der Waals surface area contributed by atoms with Crippen molar-refractivity contribution in [3.63, 3.8) is 0 Å². The molecular formula is C27H33N5O. The molecule has 0 fully saturated rings. The van der Waals surface area contributed by atoms with Gasteiger partial charge < -0.3 is 4.52 Å². The summed E-state index contributed by atoms with van der Waals surface area (Å²) in [4.78, 5) is 7.08. The molecule has 172 valence electrons. The highest BCUT2D eigenvalue weighted by Crippen LogP contribution is 2.23. The van der Waals surface area contributed by atoms with Gasteiger partial charge in [-0.25, -0.2) is 0 Å². The van der Waals surface area contributed by atoms with Gasteiger partial charge in [-0.3, -0.25) is 9.58 Å². The third-order valence-electron chi connectivity index (χ3n) is 5.98. The second-order valence-electron chi connectivity index (χ2n) is 9.29. The summed E-state index contributed by atoms with van der Waals surface area (Å²) in [5.41, 5.74) is 6.41. The molecule has 4 rings (SSSR count). The summed E-state index contributed by atoms with van der Waals surface area (Å²) in [5.74, 6) is 1.01. The van der Waals surface area contributed by atoms with Crippen LogP contribution in [0.1, 0.15) is 50.1 Å². The van der Waals surface area contributed by atoms with Crippen molar-refractivity contribution in [2.75, 3.05) is 0 Å². The first kappa shape index (κ1) is 22.9. The van der Waals surface area contributed by atoms with Gasteiger partial charge in [-0.15, -0.1) is 0 Å². The Morgan fingerprint density at radius 2 is 1.52 bits per heavy atom. The summed E-state index contributed by atoms with van der Waals surface area (Å²) in [6.07, 6.45) is 0. The molecule has 0 saturated heterocycles. The maximum atomic E-state index is 5.55. The normalized spacial score (nSPS) is 11.8. The van der Waals surface area contributed by atoms with Gasteiger partial charge in [-0.1, -0.05) is 59.3 Å². The van der Waals surface area contributed by atoms with E-state index in [0.29, 0.717) is 36.0 Å². The Balaban J connectivity index is 1.48. The molecule has 0 radical (unpaired) electrons. The van der Waals surface area contributed by atoms with Crippen molar-refractivity contribution in [3.05, 3.63) is 77.0 Å². The summed E-state index contributed by atoms with van der Waals surface area (Å²) in [5, 5.41) is 8.90. The largest absolute Gasteiger partial charge is 0.332 e. The van der Waals surface area contributed by atoms with E-state index in [1.54, 1.807) is 0 Å². The van der Waals surface area contributed by atoms with Gasteiger partial charge in [0.1, 0.15) is 0 Å². The Bertz CT molecular complexity index is 1180. The molecule has 0 amide bonds. The van der Waals surface area contributed by atoms with E-state index in [-0.39, 0.29) is 0 Å². The standard InChI is InChI=1S/C27H33N5O/c1-18(2)31(19(3)4)16-22-11-13-24(14-12-22)26-28-27(33-30-26)25-15-21(6)32(29-25)17-23-9-7-20(5)8-10-23/h7-15,18-19H,16-17H2,1-6H3. The van der Waals surface area contributed by atoms with Crippen LogP contribution in [-0.2, 0) is 13.1 Å². The zero-order valence-electron chi connectivity index (χ0n) is 20.4. The molecule has 0 N–H and O–H groups in total. The zero-order chi connectivity index (χ0) is 23.5. The number of rotatable bonds is 8. The average Bonchev–Trinajstić information content (AvgIpc) is 3.41. The molecule has 0 spiro atoms. The number of aromatic nitrogens is 4. The molecule has 4 aromatic rings. The van der Waals surface area contributed by atoms with Gasteiger partial charge in [0, 0.05) is 29.9 Å². The quantitative estimate of drug-likeness (QED) is 0.340. The highest BCUT2D eigenvalue weighted by Gasteiger charge is 2.16. The van der Waals surface area contributed by atoms with Crippen molar-refractivity contribution >= 4 is 0 Å². The number of nitrogens with zero attached hydrogens (tertiary/aromatic N) is 5. The minimum atomic E-state index is 0.436. The van der Waals surface area contributed by atoms with Crippen molar-refractivity contribution < 1.29 is 4.52 Å². The summed E-state index contributed by atoms with van der Waals surface area (Å²) < 4.78 is 7.52. The van der Waals surface area contributed by atoms with Crippen LogP contribution in [0, 0.1) is 13.8 Å². The van der Waals surface area contributed by atoms with Crippen LogP contribution in [-0.4, -0.2) is 36.9 Å². The molecule has 33 heavy (non-hydrogen) atoms. The van der Waals surface area contributed by atoms with Crippen molar-refractivity contribution in [2.45, 2.75) is 66.7 Å². The molecule has 6 nitrogen and oxygen atoms in total. The van der Waals surface area contributed by atoms with Gasteiger partial charge in [0.2, 0.25) is 5.82 Å². The van der Waals surface area contributed by atoms with E-state index < -0.39 is 0 Å². The lowest BCUT2D eigenvalue weighted by molar-refractivity contribution is 0.166. The number of hydrogen-bond acceptors (Lipinski definition) is 5. The molecule has 0 atom stereocenters. The van der Waals surface area contributed by atoms with Crippen LogP contribution in [0.5, 0.6) is 0 Å². The van der Waals surface area contributed by atoms with E-state index in [4.69, 9.17) is 9.62 Å². The Kier molecular flexibility index (Phi) is 6.75. The smallest absolute Gasteiger partial charge is 0.278 e. The molecule has 0 aliphatic rings. The van der Waals surface area contributed by atoms with Crippen LogP contribution in [0.25, 0.3) is 23.0 Å². The number of aryl methyl sites for hydroxylation is 2. The van der Waals surface area contributed by atoms with Gasteiger partial charge in [0.25, 0.3) is 5.89 Å². The van der Waals surface area contributed by atoms with E-state index in [1.807, 2.05) is 17.7 Å². The first-order valence-corrected chi connectivity index (χ1v) is 11.6. The van der Waals surface area contributed by atoms with Gasteiger partial charge in [-0.05, 0) is 58.7 Å². The van der Waals surface area contributed by atoms with Crippen LogP contribution in [0.15, 0.2) is 59.1 Å². The topological polar surface area (TPSA) is 60.0 Å². The fourth-order valence-electron chi connectivity index (χ4n) is 4.02. The van der Waals surface area contributed by atoms with Crippen molar-refractivity contribution in [1.29, 1.82) is 0 Å². The van der Waals surface area contributed by atoms with Gasteiger partial charge in [0.05, 0.1) is 6.54 Å². The van der Waals surface area contributed by atoms with E-state index in [0.717, 1.165) is 17.8 Å². The van der Waals surface area contributed by atoms with Gasteiger partial charge in [0.15, 0.2) is 5.69 Å². The summed E-state index contributed by atoms with van der Waals surface area (Å²) >= 11 is 0. The lowest BCUT2D eigenvalue weighted by Gasteiger charge is -2.30. The van der Waals surface area contributed by atoms with Crippen molar-refractivity contribution in [3.8, 4) is 23.0 Å². The van der Waals surface area contributed by atoms with Crippen LogP contribution in [0.3, 0.4) is 0 Å². The van der Waals surface area contributed by atoms with Crippen LogP contribution in [0.2, 0.25) is 0 Å². The molecule has 0 unspecified atom stereocenters. The minimum Gasteiger partial charge on any atom is -0.332 e. The monoisotopic (exact) mass is 443 g/mol. The molecule has 2 aromatic heterocycles. The molecule has 0 bridgehead atoms. The lowest BCUT2D eigenvalue weighted by atomic mass is 10.1. The van der Waals surface area contributed by atoms with E-state index in [1.165, 1.54) is 16.7 Å². The van der Waals surface area contributed by atoms with Crippen LogP contribution < -0.4 is 0 Å². The molecule has 6 heteroatoms. The molecule has 0 aliphatic heterocycles. The average molecular weight is 444 g/mol. The molecule has 2 heterocycles. The maximum absolute atomic E-state index is 5.55. The van der Waals surface area contributed by atoms with Crippen LogP contribution in [0.4, 0.5) is 0 Å². The summed E-state index contributed by atoms with van der Waals surface area (Å²) in [6, 6.07) is 19.9. The minimum absolute atomic E-state index is 0.436. The molecule has 0 aliphatic carbocycles. The highest BCUT2D eigenvalue weighted by molar-refractivity contribution is 5.58. The fourth-order valence-corrected chi connectivity index (χ4v) is 4.02. The van der Waals surface area contributed by atoms with Crippen molar-refractivity contribution in [1.82, 2.24) is 24.8 Å². The van der Waals surface area contributed by atoms with Crippen LogP contribution >= 0.6 is 0 Å². The number of benzene rings is 2. The Morgan fingerprint density at radius 3 is 2.15 bits per heavy atom. The third kappa shape index (κ3) is 5.40. The zero-order valence-corrected chi connectivity index (χ0v) is 20.4. The lowest BCUT2D eigenvalue weighted by Crippen LogP contribution is -2.36. The summed E-state index contributed by atoms with van der Waals surface area (Å²) in [7, 11) is 0. The van der Waals surface area contributed by atoms with E-state index in [9.17, 15) is 0 Å². The van der Waals surface area contributed by atoms with Gasteiger partial charge in [-0.2, -0.15) is 10.1 Å². The third-order valence-corrected chi connectivity index (χ3v) is 5.98. The maximum Gasteiger partial charge on any atom is 0.278 e. The second-order valence-corrected chi connectivity index (χ2v) is 9.29. The Labute approximate surface area is 196 Å². The first-order valence-electron chi connectivity index (χ1n) is 11.6. The Hall–Kier alpha value is -3.25.